The second-order valence-corrected chi connectivity index (χ2v) is 3.29. The van der Waals surface area contributed by atoms with Gasteiger partial charge in [-0.1, -0.05) is 0 Å². The smallest absolute Gasteiger partial charge is 0.372 e. The van der Waals surface area contributed by atoms with Crippen LogP contribution in [0.4, 0.5) is 5.13 Å². The monoisotopic (exact) mass is 214 g/mol. The molecule has 74 valence electrons. The summed E-state index contributed by atoms with van der Waals surface area (Å²) in [6, 6.07) is 0. The number of aromatic nitrogens is 1. The van der Waals surface area contributed by atoms with E-state index in [1.807, 2.05) is 0 Å². The SMILES string of the molecule is Nc1nc(C(=O)CC(=O)C(=O)O)cs1. The summed E-state index contributed by atoms with van der Waals surface area (Å²) >= 11 is 1.06. The molecule has 0 saturated heterocycles. The molecule has 0 radical (unpaired) electrons. The largest absolute Gasteiger partial charge is 0.475 e. The third kappa shape index (κ3) is 2.36. The first kappa shape index (κ1) is 10.3. The number of anilines is 1. The fourth-order valence-electron chi connectivity index (χ4n) is 0.728. The molecule has 1 aromatic heterocycles. The highest BCUT2D eigenvalue weighted by Gasteiger charge is 2.19. The summed E-state index contributed by atoms with van der Waals surface area (Å²) in [5, 5.41) is 9.83. The second-order valence-electron chi connectivity index (χ2n) is 2.40. The molecular weight excluding hydrogens is 208 g/mol. The van der Waals surface area contributed by atoms with Crippen LogP contribution in [-0.2, 0) is 9.59 Å². The van der Waals surface area contributed by atoms with Crippen molar-refractivity contribution in [3.8, 4) is 0 Å². The molecule has 0 aromatic carbocycles. The van der Waals surface area contributed by atoms with Crippen LogP contribution in [0.1, 0.15) is 16.9 Å². The minimum absolute atomic E-state index is 0.0297. The predicted molar refractivity (Wildman–Crippen MR) is 48.1 cm³/mol. The van der Waals surface area contributed by atoms with Gasteiger partial charge >= 0.3 is 5.97 Å². The van der Waals surface area contributed by atoms with E-state index in [-0.39, 0.29) is 10.8 Å². The van der Waals surface area contributed by atoms with E-state index >= 15 is 0 Å². The van der Waals surface area contributed by atoms with Gasteiger partial charge in [-0.2, -0.15) is 0 Å². The van der Waals surface area contributed by atoms with Crippen LogP contribution in [0.2, 0.25) is 0 Å². The zero-order valence-corrected chi connectivity index (χ0v) is 7.71. The van der Waals surface area contributed by atoms with Crippen molar-refractivity contribution in [2.24, 2.45) is 0 Å². The van der Waals surface area contributed by atoms with Crippen molar-refractivity contribution >= 4 is 34.0 Å². The van der Waals surface area contributed by atoms with Crippen molar-refractivity contribution in [1.82, 2.24) is 4.98 Å². The van der Waals surface area contributed by atoms with Crippen LogP contribution < -0.4 is 5.73 Å². The van der Waals surface area contributed by atoms with Gasteiger partial charge in [-0.05, 0) is 0 Å². The normalized spacial score (nSPS) is 9.71. The van der Waals surface area contributed by atoms with Gasteiger partial charge in [-0.15, -0.1) is 11.3 Å². The first-order valence-corrected chi connectivity index (χ1v) is 4.39. The lowest BCUT2D eigenvalue weighted by molar-refractivity contribution is -0.148. The van der Waals surface area contributed by atoms with Crippen LogP contribution in [0.15, 0.2) is 5.38 Å². The van der Waals surface area contributed by atoms with Gasteiger partial charge < -0.3 is 10.8 Å². The number of aliphatic carboxylic acids is 1. The number of carboxylic acid groups (broad SMARTS) is 1. The van der Waals surface area contributed by atoms with E-state index in [0.29, 0.717) is 0 Å². The van der Waals surface area contributed by atoms with Crippen molar-refractivity contribution in [1.29, 1.82) is 0 Å². The lowest BCUT2D eigenvalue weighted by Crippen LogP contribution is -2.17. The van der Waals surface area contributed by atoms with Gasteiger partial charge in [0.15, 0.2) is 10.9 Å². The fourth-order valence-corrected chi connectivity index (χ4v) is 1.30. The summed E-state index contributed by atoms with van der Waals surface area (Å²) in [6.07, 6.45) is -0.682. The standard InChI is InChI=1S/C7H6N2O4S/c8-7-9-3(2-14-7)4(10)1-5(11)6(12)13/h2H,1H2,(H2,8,9)(H,12,13). The number of hydrogen-bond donors (Lipinski definition) is 2. The number of Topliss-reactive ketones (excluding diaryl/α,β-unsaturated/α-hetero) is 2. The number of nitrogen functional groups attached to an aromatic ring is 1. The summed E-state index contributed by atoms with van der Waals surface area (Å²) in [5.41, 5.74) is 5.29. The Labute approximate surface area is 82.4 Å². The molecule has 0 saturated carbocycles. The Bertz CT molecular complexity index is 398. The van der Waals surface area contributed by atoms with E-state index in [9.17, 15) is 14.4 Å². The van der Waals surface area contributed by atoms with Gasteiger partial charge in [-0.25, -0.2) is 9.78 Å². The lowest BCUT2D eigenvalue weighted by atomic mass is 10.2. The summed E-state index contributed by atoms with van der Waals surface area (Å²) in [6.45, 7) is 0. The molecular formula is C7H6N2O4S. The van der Waals surface area contributed by atoms with Crippen molar-refractivity contribution in [2.75, 3.05) is 5.73 Å². The number of hydrogen-bond acceptors (Lipinski definition) is 6. The zero-order valence-electron chi connectivity index (χ0n) is 6.89. The highest BCUT2D eigenvalue weighted by molar-refractivity contribution is 7.13. The molecule has 14 heavy (non-hydrogen) atoms. The van der Waals surface area contributed by atoms with Gasteiger partial charge in [0.2, 0.25) is 5.78 Å². The molecule has 1 rings (SSSR count). The average Bonchev–Trinajstić information content (AvgIpc) is 2.51. The maximum Gasteiger partial charge on any atom is 0.372 e. The Balaban J connectivity index is 2.68. The number of carboxylic acids is 1. The van der Waals surface area contributed by atoms with Gasteiger partial charge in [0.25, 0.3) is 0 Å². The van der Waals surface area contributed by atoms with E-state index in [2.05, 4.69) is 4.98 Å². The van der Waals surface area contributed by atoms with Crippen LogP contribution in [-0.4, -0.2) is 27.6 Å². The molecule has 0 bridgehead atoms. The lowest BCUT2D eigenvalue weighted by Gasteiger charge is -1.91. The number of nitrogens with zero attached hydrogens (tertiary/aromatic N) is 1. The molecule has 7 heteroatoms. The summed E-state index contributed by atoms with van der Waals surface area (Å²) < 4.78 is 0. The Morgan fingerprint density at radius 2 is 2.14 bits per heavy atom. The molecule has 0 aliphatic carbocycles. The second kappa shape index (κ2) is 3.97. The van der Waals surface area contributed by atoms with Crippen molar-refractivity contribution in [3.05, 3.63) is 11.1 Å². The number of carbonyl (C=O) groups excluding carboxylic acids is 2. The average molecular weight is 214 g/mol. The maximum atomic E-state index is 11.2. The van der Waals surface area contributed by atoms with Gasteiger partial charge in [0.1, 0.15) is 5.69 Å². The van der Waals surface area contributed by atoms with E-state index in [1.54, 1.807) is 0 Å². The molecule has 1 aromatic rings. The van der Waals surface area contributed by atoms with Gasteiger partial charge in [0, 0.05) is 5.38 Å². The minimum Gasteiger partial charge on any atom is -0.475 e. The fraction of sp³-hybridized carbons (Fsp3) is 0.143. The van der Waals surface area contributed by atoms with Crippen LogP contribution in [0.5, 0.6) is 0 Å². The molecule has 1 heterocycles. The van der Waals surface area contributed by atoms with E-state index in [0.717, 1.165) is 11.3 Å². The Kier molecular flexibility index (Phi) is 2.92. The summed E-state index contributed by atoms with van der Waals surface area (Å²) in [5.74, 6) is -3.41. The van der Waals surface area contributed by atoms with E-state index < -0.39 is 24.0 Å². The van der Waals surface area contributed by atoms with Crippen molar-refractivity contribution in [3.63, 3.8) is 0 Å². The van der Waals surface area contributed by atoms with Crippen LogP contribution in [0.3, 0.4) is 0 Å². The quantitative estimate of drug-likeness (QED) is 0.413. The molecule has 6 nitrogen and oxygen atoms in total. The van der Waals surface area contributed by atoms with Crippen LogP contribution in [0, 0.1) is 0 Å². The topological polar surface area (TPSA) is 110 Å². The molecule has 0 atom stereocenters. The van der Waals surface area contributed by atoms with Crippen LogP contribution >= 0.6 is 11.3 Å². The molecule has 0 spiro atoms. The molecule has 0 fully saturated rings. The zero-order chi connectivity index (χ0) is 10.7. The highest BCUT2D eigenvalue weighted by atomic mass is 32.1. The van der Waals surface area contributed by atoms with Gasteiger partial charge in [0.05, 0.1) is 6.42 Å². The Hall–Kier alpha value is -1.76. The van der Waals surface area contributed by atoms with E-state index in [1.165, 1.54) is 5.38 Å². The summed E-state index contributed by atoms with van der Waals surface area (Å²) in [7, 11) is 0. The third-order valence-corrected chi connectivity index (χ3v) is 2.04. The highest BCUT2D eigenvalue weighted by Crippen LogP contribution is 2.12. The number of carbonyl (C=O) groups is 3. The van der Waals surface area contributed by atoms with Crippen molar-refractivity contribution < 1.29 is 19.5 Å². The minimum atomic E-state index is -1.62. The van der Waals surface area contributed by atoms with E-state index in [4.69, 9.17) is 10.8 Å². The summed E-state index contributed by atoms with van der Waals surface area (Å²) in [4.78, 5) is 35.6. The van der Waals surface area contributed by atoms with Gasteiger partial charge in [-0.3, -0.25) is 9.59 Å². The molecule has 0 unspecified atom stereocenters. The maximum absolute atomic E-state index is 11.2. The molecule has 3 N–H and O–H groups in total. The number of rotatable bonds is 4. The first-order valence-electron chi connectivity index (χ1n) is 3.51. The Morgan fingerprint density at radius 1 is 1.50 bits per heavy atom. The van der Waals surface area contributed by atoms with Crippen molar-refractivity contribution in [2.45, 2.75) is 6.42 Å². The predicted octanol–water partition coefficient (Wildman–Crippen LogP) is -0.0482. The van der Waals surface area contributed by atoms with Crippen LogP contribution in [0.25, 0.3) is 0 Å². The molecule has 0 amide bonds. The Morgan fingerprint density at radius 3 is 2.57 bits per heavy atom. The third-order valence-electron chi connectivity index (χ3n) is 1.37. The number of nitrogens with two attached hydrogens (primary N) is 1. The number of thiazole rings is 1. The molecule has 0 aliphatic rings. The first-order chi connectivity index (χ1) is 6.50. The number of ketones is 2. The molecule has 0 aliphatic heterocycles.